The normalized spacial score (nSPS) is 9.78. The van der Waals surface area contributed by atoms with E-state index in [-0.39, 0.29) is 5.11 Å². The number of carbonyl (C=O) groups is 1. The predicted octanol–water partition coefficient (Wildman–Crippen LogP) is 2.77. The van der Waals surface area contributed by atoms with E-state index in [1.807, 2.05) is 41.0 Å². The Morgan fingerprint density at radius 1 is 1.33 bits per heavy atom. The van der Waals surface area contributed by atoms with Gasteiger partial charge >= 0.3 is 6.09 Å². The van der Waals surface area contributed by atoms with E-state index in [1.165, 1.54) is 11.3 Å². The molecule has 0 aliphatic heterocycles. The van der Waals surface area contributed by atoms with Crippen LogP contribution in [0.3, 0.4) is 0 Å². The van der Waals surface area contributed by atoms with E-state index in [1.54, 1.807) is 0 Å². The van der Waals surface area contributed by atoms with Crippen LogP contribution in [0.15, 0.2) is 35.7 Å². The lowest BCUT2D eigenvalue weighted by atomic mass is 10.2. The fraction of sp³-hybridized carbons (Fsp3) is 0. The molecule has 3 N–H and O–H groups in total. The molecule has 1 aromatic carbocycles. The van der Waals surface area contributed by atoms with Crippen LogP contribution in [0, 0.1) is 0 Å². The second kappa shape index (κ2) is 5.56. The van der Waals surface area contributed by atoms with Crippen molar-refractivity contribution < 1.29 is 9.90 Å². The van der Waals surface area contributed by atoms with E-state index in [0.717, 1.165) is 11.3 Å². The van der Waals surface area contributed by atoms with E-state index >= 15 is 0 Å². The molecule has 0 saturated carbocycles. The molecular formula is C11H9N3O2S2. The Balaban J connectivity index is 2.07. The first-order chi connectivity index (χ1) is 8.65. The van der Waals surface area contributed by atoms with Gasteiger partial charge in [-0.25, -0.2) is 9.78 Å². The SMILES string of the molecule is O=C(O)NC(=S)Nc1nc(-c2ccccc2)cs1. The number of rotatable bonds is 2. The van der Waals surface area contributed by atoms with Crippen molar-refractivity contribution in [2.75, 3.05) is 5.32 Å². The summed E-state index contributed by atoms with van der Waals surface area (Å²) in [4.78, 5) is 14.7. The van der Waals surface area contributed by atoms with Crippen LogP contribution in [0.1, 0.15) is 0 Å². The number of thiazole rings is 1. The maximum Gasteiger partial charge on any atom is 0.410 e. The fourth-order valence-corrected chi connectivity index (χ4v) is 2.27. The minimum absolute atomic E-state index is 0.0106. The average Bonchev–Trinajstić information content (AvgIpc) is 2.77. The highest BCUT2D eigenvalue weighted by atomic mass is 32.1. The highest BCUT2D eigenvalue weighted by Gasteiger charge is 2.06. The zero-order chi connectivity index (χ0) is 13.0. The van der Waals surface area contributed by atoms with Crippen molar-refractivity contribution in [3.05, 3.63) is 35.7 Å². The van der Waals surface area contributed by atoms with E-state index in [4.69, 9.17) is 17.3 Å². The standard InChI is InChI=1S/C11H9N3O2S2/c15-11(16)14-9(17)13-10-12-8(6-18-10)7-4-2-1-3-5-7/h1-6H,(H,15,16)(H2,12,13,14,17). The van der Waals surface area contributed by atoms with Gasteiger partial charge in [-0.15, -0.1) is 11.3 Å². The van der Waals surface area contributed by atoms with Crippen LogP contribution in [0.25, 0.3) is 11.3 Å². The zero-order valence-corrected chi connectivity index (χ0v) is 10.7. The molecule has 0 bridgehead atoms. The molecule has 0 unspecified atom stereocenters. The Labute approximate surface area is 112 Å². The van der Waals surface area contributed by atoms with Gasteiger partial charge in [-0.1, -0.05) is 30.3 Å². The van der Waals surface area contributed by atoms with Crippen LogP contribution in [0.5, 0.6) is 0 Å². The van der Waals surface area contributed by atoms with E-state index < -0.39 is 6.09 Å². The molecule has 5 nitrogen and oxygen atoms in total. The summed E-state index contributed by atoms with van der Waals surface area (Å²) in [6.45, 7) is 0. The first kappa shape index (κ1) is 12.5. The molecule has 0 spiro atoms. The summed E-state index contributed by atoms with van der Waals surface area (Å²) in [6, 6.07) is 9.69. The van der Waals surface area contributed by atoms with E-state index in [9.17, 15) is 4.79 Å². The van der Waals surface area contributed by atoms with Gasteiger partial charge in [-0.05, 0) is 12.2 Å². The second-order valence-electron chi connectivity index (χ2n) is 3.29. The Morgan fingerprint density at radius 3 is 2.72 bits per heavy atom. The number of amides is 1. The molecule has 18 heavy (non-hydrogen) atoms. The van der Waals surface area contributed by atoms with Crippen molar-refractivity contribution in [3.63, 3.8) is 0 Å². The van der Waals surface area contributed by atoms with Crippen LogP contribution in [0.2, 0.25) is 0 Å². The number of carboxylic acid groups (broad SMARTS) is 1. The first-order valence-corrected chi connectivity index (χ1v) is 6.26. The number of thiocarbonyl (C=S) groups is 1. The van der Waals surface area contributed by atoms with E-state index in [0.29, 0.717) is 5.13 Å². The summed E-state index contributed by atoms with van der Waals surface area (Å²) in [5.74, 6) is 0. The van der Waals surface area contributed by atoms with Crippen LogP contribution in [-0.2, 0) is 0 Å². The van der Waals surface area contributed by atoms with Gasteiger partial charge in [0.2, 0.25) is 0 Å². The van der Waals surface area contributed by atoms with Crippen molar-refractivity contribution in [2.24, 2.45) is 0 Å². The van der Waals surface area contributed by atoms with Crippen molar-refractivity contribution in [2.45, 2.75) is 0 Å². The zero-order valence-electron chi connectivity index (χ0n) is 9.08. The highest BCUT2D eigenvalue weighted by Crippen LogP contribution is 2.24. The highest BCUT2D eigenvalue weighted by molar-refractivity contribution is 7.80. The molecule has 1 amide bonds. The first-order valence-electron chi connectivity index (χ1n) is 4.97. The molecule has 92 valence electrons. The molecule has 2 aromatic rings. The van der Waals surface area contributed by atoms with Gasteiger partial charge in [0.1, 0.15) is 0 Å². The van der Waals surface area contributed by atoms with Crippen LogP contribution in [-0.4, -0.2) is 21.3 Å². The smallest absolute Gasteiger partial charge is 0.410 e. The van der Waals surface area contributed by atoms with Gasteiger partial charge < -0.3 is 10.4 Å². The summed E-state index contributed by atoms with van der Waals surface area (Å²) in [5.41, 5.74) is 1.82. The minimum atomic E-state index is -1.20. The molecule has 0 fully saturated rings. The molecule has 0 radical (unpaired) electrons. The van der Waals surface area contributed by atoms with Gasteiger partial charge in [-0.2, -0.15) is 0 Å². The Hall–Kier alpha value is -1.99. The lowest BCUT2D eigenvalue weighted by molar-refractivity contribution is 0.200. The number of nitrogens with one attached hydrogen (secondary N) is 2. The average molecular weight is 279 g/mol. The summed E-state index contributed by atoms with van der Waals surface area (Å²) in [6.07, 6.45) is -1.20. The molecule has 0 aliphatic rings. The third-order valence-corrected chi connectivity index (χ3v) is 2.98. The van der Waals surface area contributed by atoms with Crippen LogP contribution in [0.4, 0.5) is 9.93 Å². The summed E-state index contributed by atoms with van der Waals surface area (Å²) in [7, 11) is 0. The lowest BCUT2D eigenvalue weighted by Crippen LogP contribution is -2.32. The third-order valence-electron chi connectivity index (χ3n) is 2.01. The number of nitrogens with zero attached hydrogens (tertiary/aromatic N) is 1. The summed E-state index contributed by atoms with van der Waals surface area (Å²) < 4.78 is 0. The van der Waals surface area contributed by atoms with Gasteiger partial charge in [0.25, 0.3) is 0 Å². The summed E-state index contributed by atoms with van der Waals surface area (Å²) >= 11 is 6.16. The molecule has 7 heteroatoms. The third kappa shape index (κ3) is 3.25. The van der Waals surface area contributed by atoms with Crippen molar-refractivity contribution in [3.8, 4) is 11.3 Å². The van der Waals surface area contributed by atoms with Gasteiger partial charge in [0.15, 0.2) is 10.2 Å². The number of hydrogen-bond acceptors (Lipinski definition) is 4. The predicted molar refractivity (Wildman–Crippen MR) is 74.9 cm³/mol. The summed E-state index contributed by atoms with van der Waals surface area (Å²) in [5, 5.41) is 15.7. The molecular weight excluding hydrogens is 270 g/mol. The second-order valence-corrected chi connectivity index (χ2v) is 4.55. The van der Waals surface area contributed by atoms with Gasteiger partial charge in [-0.3, -0.25) is 5.32 Å². The van der Waals surface area contributed by atoms with Crippen LogP contribution < -0.4 is 10.6 Å². The quantitative estimate of drug-likeness (QED) is 0.737. The van der Waals surface area contributed by atoms with Gasteiger partial charge in [0, 0.05) is 10.9 Å². The molecule has 0 aliphatic carbocycles. The van der Waals surface area contributed by atoms with Crippen LogP contribution >= 0.6 is 23.6 Å². The molecule has 1 aromatic heterocycles. The lowest BCUT2D eigenvalue weighted by Gasteiger charge is -2.02. The van der Waals surface area contributed by atoms with Crippen molar-refractivity contribution in [1.29, 1.82) is 0 Å². The monoisotopic (exact) mass is 279 g/mol. The molecule has 0 atom stereocenters. The maximum atomic E-state index is 10.4. The van der Waals surface area contributed by atoms with Gasteiger partial charge in [0.05, 0.1) is 5.69 Å². The number of hydrogen-bond donors (Lipinski definition) is 3. The van der Waals surface area contributed by atoms with Crippen molar-refractivity contribution in [1.82, 2.24) is 10.3 Å². The van der Waals surface area contributed by atoms with E-state index in [2.05, 4.69) is 10.3 Å². The molecule has 2 rings (SSSR count). The largest absolute Gasteiger partial charge is 0.465 e. The fourth-order valence-electron chi connectivity index (χ4n) is 1.30. The topological polar surface area (TPSA) is 74.2 Å². The minimum Gasteiger partial charge on any atom is -0.465 e. The molecule has 0 saturated heterocycles. The maximum absolute atomic E-state index is 10.4. The number of anilines is 1. The Morgan fingerprint density at radius 2 is 2.06 bits per heavy atom. The Kier molecular flexibility index (Phi) is 3.85. The molecule has 1 heterocycles. The number of aromatic nitrogens is 1. The Bertz CT molecular complexity index is 569. The van der Waals surface area contributed by atoms with Crippen molar-refractivity contribution >= 4 is 39.9 Å². The number of benzene rings is 1.